The van der Waals surface area contributed by atoms with Gasteiger partial charge in [-0.25, -0.2) is 0 Å². The van der Waals surface area contributed by atoms with Crippen molar-refractivity contribution in [3.8, 4) is 0 Å². The molecule has 0 aromatic carbocycles. The third-order valence-corrected chi connectivity index (χ3v) is 2.46. The van der Waals surface area contributed by atoms with Crippen molar-refractivity contribution in [3.63, 3.8) is 0 Å². The maximum Gasteiger partial charge on any atom is 0.452 e. The molecule has 2 rings (SSSR count). The number of ether oxygens (including phenoxy) is 1. The van der Waals surface area contributed by atoms with E-state index in [0.717, 1.165) is 0 Å². The molecule has 0 radical (unpaired) electrons. The number of rotatable bonds is 2. The summed E-state index contributed by atoms with van der Waals surface area (Å²) in [5.41, 5.74) is 0. The van der Waals surface area contributed by atoms with E-state index in [0.29, 0.717) is 26.3 Å². The number of hydrogen-bond donors (Lipinski definition) is 0. The minimum Gasteiger partial charge on any atom is -0.597 e. The van der Waals surface area contributed by atoms with Crippen LogP contribution in [0.4, 0.5) is 0 Å². The van der Waals surface area contributed by atoms with E-state index in [9.17, 15) is 15.3 Å². The fourth-order valence-corrected chi connectivity index (χ4v) is 1.70. The van der Waals surface area contributed by atoms with Gasteiger partial charge in [-0.2, -0.15) is 4.76 Å². The van der Waals surface area contributed by atoms with Gasteiger partial charge in [0.2, 0.25) is 0 Å². The number of morpholine rings is 1. The van der Waals surface area contributed by atoms with Crippen LogP contribution in [-0.4, -0.2) is 41.0 Å². The topological polar surface area (TPSA) is 78.7 Å². The van der Waals surface area contributed by atoms with E-state index in [-0.39, 0.29) is 5.82 Å². The summed E-state index contributed by atoms with van der Waals surface area (Å²) in [5, 5.41) is 24.4. The van der Waals surface area contributed by atoms with Crippen LogP contribution in [0.15, 0.2) is 24.2 Å². The van der Waals surface area contributed by atoms with Crippen LogP contribution in [0.5, 0.6) is 0 Å². The standard InChI is InChI=1S/C8H11N3O4/c12-10(13)8-2-1-5-11(8,14)9-3-6-15-7-4-9/h1-2,5H,3-4,6-7H2. The van der Waals surface area contributed by atoms with Crippen LogP contribution in [0.25, 0.3) is 0 Å². The lowest BCUT2D eigenvalue weighted by molar-refractivity contribution is -0.960. The summed E-state index contributed by atoms with van der Waals surface area (Å²) in [7, 11) is 0. The van der Waals surface area contributed by atoms with Crippen molar-refractivity contribution in [1.82, 2.24) is 5.01 Å². The molecular weight excluding hydrogens is 202 g/mol. The largest absolute Gasteiger partial charge is 0.597 e. The fraction of sp³-hybridized carbons (Fsp3) is 0.500. The Morgan fingerprint density at radius 1 is 1.47 bits per heavy atom. The van der Waals surface area contributed by atoms with E-state index in [2.05, 4.69) is 0 Å². The highest BCUT2D eigenvalue weighted by Gasteiger charge is 2.41. The SMILES string of the molecule is O=[N+]([O-])C1=CC=C[N+]1([O-])N1CCOCC1. The number of allylic oxidation sites excluding steroid dienone is 2. The molecule has 1 atom stereocenters. The van der Waals surface area contributed by atoms with E-state index in [1.807, 2.05) is 0 Å². The quantitative estimate of drug-likeness (QED) is 0.283. The second-order valence-electron chi connectivity index (χ2n) is 3.31. The van der Waals surface area contributed by atoms with Crippen LogP contribution in [0.3, 0.4) is 0 Å². The van der Waals surface area contributed by atoms with Crippen LogP contribution in [-0.2, 0) is 4.74 Å². The van der Waals surface area contributed by atoms with E-state index in [1.165, 1.54) is 23.4 Å². The smallest absolute Gasteiger partial charge is 0.452 e. The first kappa shape index (κ1) is 10.2. The molecule has 82 valence electrons. The summed E-state index contributed by atoms with van der Waals surface area (Å²) in [6, 6.07) is 0. The van der Waals surface area contributed by atoms with Crippen LogP contribution in [0.2, 0.25) is 0 Å². The van der Waals surface area contributed by atoms with Gasteiger partial charge in [-0.15, -0.1) is 5.01 Å². The van der Waals surface area contributed by atoms with Crippen molar-refractivity contribution in [2.45, 2.75) is 0 Å². The Balaban J connectivity index is 2.21. The maximum atomic E-state index is 12.2. The molecule has 7 heteroatoms. The maximum absolute atomic E-state index is 12.2. The summed E-state index contributed by atoms with van der Waals surface area (Å²) < 4.78 is 4.00. The molecule has 0 N–H and O–H groups in total. The molecule has 0 spiro atoms. The van der Waals surface area contributed by atoms with Crippen LogP contribution >= 0.6 is 0 Å². The summed E-state index contributed by atoms with van der Waals surface area (Å²) in [6.07, 6.45) is 3.92. The Hall–Kier alpha value is -1.28. The molecule has 1 unspecified atom stereocenters. The van der Waals surface area contributed by atoms with Crippen molar-refractivity contribution in [2.75, 3.05) is 26.3 Å². The van der Waals surface area contributed by atoms with Crippen molar-refractivity contribution < 1.29 is 14.4 Å². The lowest BCUT2D eigenvalue weighted by Crippen LogP contribution is -2.56. The van der Waals surface area contributed by atoms with Gasteiger partial charge in [-0.05, 0) is 0 Å². The Morgan fingerprint density at radius 3 is 2.73 bits per heavy atom. The fourth-order valence-electron chi connectivity index (χ4n) is 1.70. The zero-order chi connectivity index (χ0) is 10.9. The molecule has 7 nitrogen and oxygen atoms in total. The zero-order valence-electron chi connectivity index (χ0n) is 8.04. The van der Waals surface area contributed by atoms with Gasteiger partial charge in [-0.1, -0.05) is 0 Å². The second kappa shape index (κ2) is 3.70. The van der Waals surface area contributed by atoms with E-state index >= 15 is 0 Å². The third-order valence-electron chi connectivity index (χ3n) is 2.46. The molecule has 15 heavy (non-hydrogen) atoms. The van der Waals surface area contributed by atoms with Gasteiger partial charge in [0, 0.05) is 6.08 Å². The normalized spacial score (nSPS) is 31.7. The highest BCUT2D eigenvalue weighted by molar-refractivity contribution is 5.08. The van der Waals surface area contributed by atoms with E-state index in [1.54, 1.807) is 0 Å². The highest BCUT2D eigenvalue weighted by atomic mass is 16.7. The number of quaternary nitrogens is 1. The van der Waals surface area contributed by atoms with Crippen LogP contribution in [0.1, 0.15) is 0 Å². The van der Waals surface area contributed by atoms with Crippen LogP contribution < -0.4 is 0 Å². The molecule has 0 bridgehead atoms. The van der Waals surface area contributed by atoms with Gasteiger partial charge >= 0.3 is 5.82 Å². The molecule has 0 aliphatic carbocycles. The predicted octanol–water partition coefficient (Wildman–Crippen LogP) is 0.194. The van der Waals surface area contributed by atoms with Crippen molar-refractivity contribution in [2.24, 2.45) is 0 Å². The lowest BCUT2D eigenvalue weighted by Gasteiger charge is -2.42. The zero-order valence-corrected chi connectivity index (χ0v) is 8.04. The molecule has 0 aromatic rings. The van der Waals surface area contributed by atoms with Crippen molar-refractivity contribution in [3.05, 3.63) is 39.5 Å². The monoisotopic (exact) mass is 213 g/mol. The van der Waals surface area contributed by atoms with Gasteiger partial charge < -0.3 is 9.94 Å². The summed E-state index contributed by atoms with van der Waals surface area (Å²) in [5.74, 6) is -0.364. The Bertz CT molecular complexity index is 335. The Morgan fingerprint density at radius 2 is 2.13 bits per heavy atom. The Kier molecular flexibility index (Phi) is 2.53. The molecule has 0 amide bonds. The minimum absolute atomic E-state index is 0.364. The first-order chi connectivity index (χ1) is 7.14. The summed E-state index contributed by atoms with van der Waals surface area (Å²) in [6.45, 7) is 1.67. The minimum atomic E-state index is -1.10. The van der Waals surface area contributed by atoms with Gasteiger partial charge in [0.25, 0.3) is 0 Å². The van der Waals surface area contributed by atoms with Crippen molar-refractivity contribution in [1.29, 1.82) is 0 Å². The second-order valence-corrected chi connectivity index (χ2v) is 3.31. The number of hydrogen-bond acceptors (Lipinski definition) is 5. The number of nitro groups is 1. The molecule has 0 saturated carbocycles. The van der Waals surface area contributed by atoms with Gasteiger partial charge in [0.15, 0.2) is 0 Å². The van der Waals surface area contributed by atoms with Gasteiger partial charge in [0.05, 0.1) is 32.4 Å². The predicted molar refractivity (Wildman–Crippen MR) is 50.2 cm³/mol. The first-order valence-corrected chi connectivity index (χ1v) is 4.62. The average molecular weight is 213 g/mol. The molecule has 2 aliphatic rings. The molecule has 0 aromatic heterocycles. The van der Waals surface area contributed by atoms with Crippen LogP contribution in [0, 0.1) is 15.3 Å². The number of hydroxylamine groups is 2. The summed E-state index contributed by atoms with van der Waals surface area (Å²) >= 11 is 0. The summed E-state index contributed by atoms with van der Waals surface area (Å²) in [4.78, 5) is 10.0. The molecule has 2 aliphatic heterocycles. The molecule has 1 fully saturated rings. The molecule has 2 heterocycles. The molecule has 1 saturated heterocycles. The third kappa shape index (κ3) is 1.65. The molecular formula is C8H11N3O4. The lowest BCUT2D eigenvalue weighted by atomic mass is 10.5. The van der Waals surface area contributed by atoms with Gasteiger partial charge in [-0.3, -0.25) is 10.1 Å². The number of nitrogens with zero attached hydrogens (tertiary/aromatic N) is 3. The average Bonchev–Trinajstić information content (AvgIpc) is 2.63. The van der Waals surface area contributed by atoms with Gasteiger partial charge in [0.1, 0.15) is 11.1 Å². The van der Waals surface area contributed by atoms with E-state index in [4.69, 9.17) is 4.74 Å². The Labute approximate surface area is 86.1 Å². The van der Waals surface area contributed by atoms with Crippen molar-refractivity contribution >= 4 is 0 Å². The first-order valence-electron chi connectivity index (χ1n) is 4.62. The highest BCUT2D eigenvalue weighted by Crippen LogP contribution is 2.27. The van der Waals surface area contributed by atoms with E-state index < -0.39 is 9.68 Å².